The quantitative estimate of drug-likeness (QED) is 0.678. The summed E-state index contributed by atoms with van der Waals surface area (Å²) in [4.78, 5) is 0. The van der Waals surface area contributed by atoms with Crippen LogP contribution in [0.1, 0.15) is 5.56 Å². The Hall–Kier alpha value is -2.44. The molecule has 2 aromatic rings. The summed E-state index contributed by atoms with van der Waals surface area (Å²) in [5.74, 6) is -2.27. The van der Waals surface area contributed by atoms with E-state index in [1.165, 1.54) is 12.1 Å². The van der Waals surface area contributed by atoms with Crippen LogP contribution in [0.3, 0.4) is 0 Å². The monoisotopic (exact) mass is 301 g/mol. The van der Waals surface area contributed by atoms with Gasteiger partial charge in [0, 0.05) is 18.2 Å². The van der Waals surface area contributed by atoms with E-state index in [0.29, 0.717) is 5.56 Å². The lowest BCUT2D eigenvalue weighted by Gasteiger charge is -2.12. The second-order valence-corrected chi connectivity index (χ2v) is 4.21. The molecule has 2 aromatic carbocycles. The Balaban J connectivity index is 2.32. The predicted molar refractivity (Wildman–Crippen MR) is 68.7 cm³/mol. The van der Waals surface area contributed by atoms with Gasteiger partial charge in [-0.1, -0.05) is 6.07 Å². The van der Waals surface area contributed by atoms with Crippen LogP contribution in [-0.4, -0.2) is 6.61 Å². The Labute approximate surface area is 117 Å². The van der Waals surface area contributed by atoms with Crippen LogP contribution in [-0.2, 0) is 0 Å². The fourth-order valence-electron chi connectivity index (χ4n) is 1.59. The molecule has 0 fully saturated rings. The normalized spacial score (nSPS) is 10.8. The zero-order chi connectivity index (χ0) is 15.6. The van der Waals surface area contributed by atoms with Crippen LogP contribution in [0.25, 0.3) is 0 Å². The van der Waals surface area contributed by atoms with E-state index < -0.39 is 24.0 Å². The molecular formula is C14H11F4NO2. The smallest absolute Gasteiger partial charge is 0.387 e. The van der Waals surface area contributed by atoms with E-state index in [0.717, 1.165) is 18.2 Å². The third-order valence-electron chi connectivity index (χ3n) is 2.65. The van der Waals surface area contributed by atoms with E-state index >= 15 is 0 Å². The highest BCUT2D eigenvalue weighted by atomic mass is 19.3. The number of nitrogen functional groups attached to an aromatic ring is 1. The Morgan fingerprint density at radius 2 is 1.71 bits per heavy atom. The molecule has 0 heterocycles. The topological polar surface area (TPSA) is 44.5 Å². The van der Waals surface area contributed by atoms with Crippen LogP contribution in [0.5, 0.6) is 17.2 Å². The average Bonchev–Trinajstić information content (AvgIpc) is 2.39. The lowest BCUT2D eigenvalue weighted by Crippen LogP contribution is -2.05. The predicted octanol–water partition coefficient (Wildman–Crippen LogP) is 4.25. The van der Waals surface area contributed by atoms with Gasteiger partial charge < -0.3 is 15.2 Å². The van der Waals surface area contributed by atoms with Gasteiger partial charge in [0.15, 0.2) is 17.3 Å². The van der Waals surface area contributed by atoms with E-state index in [-0.39, 0.29) is 17.2 Å². The van der Waals surface area contributed by atoms with Gasteiger partial charge in [-0.25, -0.2) is 8.78 Å². The summed E-state index contributed by atoms with van der Waals surface area (Å²) in [6, 6.07) is 5.72. The molecule has 0 unspecified atom stereocenters. The minimum absolute atomic E-state index is 0.0967. The summed E-state index contributed by atoms with van der Waals surface area (Å²) < 4.78 is 60.4. The van der Waals surface area contributed by atoms with Crippen molar-refractivity contribution in [2.75, 3.05) is 5.73 Å². The fourth-order valence-corrected chi connectivity index (χ4v) is 1.59. The molecule has 0 radical (unpaired) electrons. The largest absolute Gasteiger partial charge is 0.455 e. The molecule has 0 aliphatic rings. The van der Waals surface area contributed by atoms with Crippen LogP contribution >= 0.6 is 0 Å². The van der Waals surface area contributed by atoms with Crippen molar-refractivity contribution in [3.05, 3.63) is 47.5 Å². The standard InChI is InChI=1S/C14H11F4NO2/c1-7-2-3-8(4-9(7)15)20-13-6-12(21-14(17)18)10(16)5-11(13)19/h2-6,14H,19H2,1H3. The Bertz CT molecular complexity index is 662. The number of anilines is 1. The van der Waals surface area contributed by atoms with E-state index in [1.807, 2.05) is 0 Å². The van der Waals surface area contributed by atoms with Crippen LogP contribution in [0.2, 0.25) is 0 Å². The number of alkyl halides is 2. The number of aryl methyl sites for hydroxylation is 1. The van der Waals surface area contributed by atoms with Gasteiger partial charge in [0.05, 0.1) is 5.69 Å². The van der Waals surface area contributed by atoms with E-state index in [1.54, 1.807) is 6.92 Å². The molecule has 2 N–H and O–H groups in total. The summed E-state index contributed by atoms with van der Waals surface area (Å²) in [7, 11) is 0. The molecule has 0 spiro atoms. The lowest BCUT2D eigenvalue weighted by atomic mass is 10.2. The van der Waals surface area contributed by atoms with Gasteiger partial charge in [0.2, 0.25) is 0 Å². The van der Waals surface area contributed by atoms with Gasteiger partial charge in [0.25, 0.3) is 0 Å². The van der Waals surface area contributed by atoms with Gasteiger partial charge in [-0.15, -0.1) is 0 Å². The Kier molecular flexibility index (Phi) is 4.21. The summed E-state index contributed by atoms with van der Waals surface area (Å²) in [5.41, 5.74) is 5.82. The molecular weight excluding hydrogens is 290 g/mol. The minimum Gasteiger partial charge on any atom is -0.455 e. The van der Waals surface area contributed by atoms with Crippen molar-refractivity contribution in [3.63, 3.8) is 0 Å². The maximum Gasteiger partial charge on any atom is 0.387 e. The first kappa shape index (κ1) is 15.0. The fraction of sp³-hybridized carbons (Fsp3) is 0.143. The van der Waals surface area contributed by atoms with Crippen molar-refractivity contribution < 1.29 is 27.0 Å². The number of hydrogen-bond donors (Lipinski definition) is 1. The number of nitrogens with two attached hydrogens (primary N) is 1. The van der Waals surface area contributed by atoms with Crippen molar-refractivity contribution >= 4 is 5.69 Å². The highest BCUT2D eigenvalue weighted by molar-refractivity contribution is 5.57. The maximum atomic E-state index is 13.4. The first-order valence-electron chi connectivity index (χ1n) is 5.84. The van der Waals surface area contributed by atoms with E-state index in [9.17, 15) is 17.6 Å². The molecule has 0 aromatic heterocycles. The van der Waals surface area contributed by atoms with Crippen LogP contribution in [0.4, 0.5) is 23.2 Å². The maximum absolute atomic E-state index is 13.4. The highest BCUT2D eigenvalue weighted by Crippen LogP contribution is 2.34. The highest BCUT2D eigenvalue weighted by Gasteiger charge is 2.15. The van der Waals surface area contributed by atoms with E-state index in [4.69, 9.17) is 10.5 Å². The second-order valence-electron chi connectivity index (χ2n) is 4.21. The summed E-state index contributed by atoms with van der Waals surface area (Å²) in [6.07, 6.45) is 0. The molecule has 0 aliphatic heterocycles. The van der Waals surface area contributed by atoms with Crippen LogP contribution < -0.4 is 15.2 Å². The van der Waals surface area contributed by atoms with Gasteiger partial charge >= 0.3 is 6.61 Å². The number of rotatable bonds is 4. The minimum atomic E-state index is -3.19. The third-order valence-corrected chi connectivity index (χ3v) is 2.65. The second kappa shape index (κ2) is 5.90. The van der Waals surface area contributed by atoms with Gasteiger partial charge in [0.1, 0.15) is 11.6 Å². The molecule has 0 bridgehead atoms. The van der Waals surface area contributed by atoms with Gasteiger partial charge in [-0.3, -0.25) is 0 Å². The van der Waals surface area contributed by atoms with Crippen molar-refractivity contribution in [2.24, 2.45) is 0 Å². The summed E-state index contributed by atoms with van der Waals surface area (Å²) in [5, 5.41) is 0. The number of halogens is 4. The van der Waals surface area contributed by atoms with Gasteiger partial charge in [-0.05, 0) is 18.6 Å². The van der Waals surface area contributed by atoms with E-state index in [2.05, 4.69) is 4.74 Å². The molecule has 3 nitrogen and oxygen atoms in total. The molecule has 112 valence electrons. The Morgan fingerprint density at radius 3 is 2.33 bits per heavy atom. The van der Waals surface area contributed by atoms with Crippen molar-refractivity contribution in [3.8, 4) is 17.2 Å². The zero-order valence-corrected chi connectivity index (χ0v) is 10.9. The molecule has 0 saturated carbocycles. The third kappa shape index (κ3) is 3.56. The summed E-state index contributed by atoms with van der Waals surface area (Å²) >= 11 is 0. The summed E-state index contributed by atoms with van der Waals surface area (Å²) in [6.45, 7) is -1.62. The molecule has 21 heavy (non-hydrogen) atoms. The molecule has 2 rings (SSSR count). The Morgan fingerprint density at radius 1 is 1.00 bits per heavy atom. The van der Waals surface area contributed by atoms with Crippen molar-refractivity contribution in [1.82, 2.24) is 0 Å². The SMILES string of the molecule is Cc1ccc(Oc2cc(OC(F)F)c(F)cc2N)cc1F. The van der Waals surface area contributed by atoms with Crippen molar-refractivity contribution in [1.29, 1.82) is 0 Å². The van der Waals surface area contributed by atoms with Crippen LogP contribution in [0.15, 0.2) is 30.3 Å². The van der Waals surface area contributed by atoms with Crippen molar-refractivity contribution in [2.45, 2.75) is 13.5 Å². The molecule has 0 amide bonds. The zero-order valence-electron chi connectivity index (χ0n) is 10.9. The molecule has 0 atom stereocenters. The number of benzene rings is 2. The molecule has 0 saturated heterocycles. The number of ether oxygens (including phenoxy) is 2. The first-order valence-corrected chi connectivity index (χ1v) is 5.84. The van der Waals surface area contributed by atoms with Gasteiger partial charge in [-0.2, -0.15) is 8.78 Å². The average molecular weight is 301 g/mol. The number of hydrogen-bond acceptors (Lipinski definition) is 3. The lowest BCUT2D eigenvalue weighted by molar-refractivity contribution is -0.0522. The molecule has 0 aliphatic carbocycles. The molecule has 7 heteroatoms. The van der Waals surface area contributed by atoms with Crippen LogP contribution in [0, 0.1) is 18.6 Å². The first-order chi connectivity index (χ1) is 9.86.